The van der Waals surface area contributed by atoms with Gasteiger partial charge >= 0.3 is 0 Å². The number of aryl methyl sites for hydroxylation is 1. The first-order valence-electron chi connectivity index (χ1n) is 7.82. The van der Waals surface area contributed by atoms with Crippen molar-refractivity contribution in [2.24, 2.45) is 0 Å². The number of β-amino-alcohol motifs (C(OH)–C–C–N with tert-alkyl or cyclic N) is 1. The molecular weight excluding hydrogens is 266 g/mol. The molecule has 0 spiro atoms. The van der Waals surface area contributed by atoms with Crippen LogP contribution in [0.25, 0.3) is 0 Å². The molecular formula is C17H27NO3. The summed E-state index contributed by atoms with van der Waals surface area (Å²) in [6, 6.07) is 7.90. The predicted octanol–water partition coefficient (Wildman–Crippen LogP) is 2.23. The summed E-state index contributed by atoms with van der Waals surface area (Å²) >= 11 is 0. The number of aliphatic hydroxyl groups is 1. The molecule has 0 amide bonds. The van der Waals surface area contributed by atoms with E-state index in [0.29, 0.717) is 13.2 Å². The predicted molar refractivity (Wildman–Crippen MR) is 83.7 cm³/mol. The van der Waals surface area contributed by atoms with Gasteiger partial charge in [0.25, 0.3) is 0 Å². The third-order valence-corrected chi connectivity index (χ3v) is 3.79. The molecule has 1 heterocycles. The number of morpholine rings is 1. The Balaban J connectivity index is 1.75. The number of nitrogens with zero attached hydrogens (tertiary/aromatic N) is 1. The summed E-state index contributed by atoms with van der Waals surface area (Å²) in [5.74, 6) is 0.807. The highest BCUT2D eigenvalue weighted by Crippen LogP contribution is 2.15. The quantitative estimate of drug-likeness (QED) is 0.873. The normalized spacial score (nSPS) is 24.8. The average molecular weight is 293 g/mol. The van der Waals surface area contributed by atoms with Crippen LogP contribution in [0, 0.1) is 6.92 Å². The van der Waals surface area contributed by atoms with Gasteiger partial charge in [0.2, 0.25) is 0 Å². The molecule has 4 nitrogen and oxygen atoms in total. The Hall–Kier alpha value is -1.10. The Bertz CT molecular complexity index is 421. The van der Waals surface area contributed by atoms with Crippen LogP contribution in [0.3, 0.4) is 0 Å². The zero-order valence-corrected chi connectivity index (χ0v) is 13.3. The van der Waals surface area contributed by atoms with Gasteiger partial charge in [0.05, 0.1) is 12.2 Å². The van der Waals surface area contributed by atoms with Crippen LogP contribution in [0.5, 0.6) is 5.75 Å². The Morgan fingerprint density at radius 3 is 2.71 bits per heavy atom. The molecule has 0 radical (unpaired) electrons. The Labute approximate surface area is 127 Å². The van der Waals surface area contributed by atoms with Crippen LogP contribution in [0.15, 0.2) is 24.3 Å². The SMILES string of the molecule is CCC1CN(CC(O)COc2ccc(C)cc2)CC(C)O1. The topological polar surface area (TPSA) is 41.9 Å². The molecule has 0 aromatic heterocycles. The maximum absolute atomic E-state index is 10.2. The van der Waals surface area contributed by atoms with Crippen LogP contribution in [-0.4, -0.2) is 54.6 Å². The van der Waals surface area contributed by atoms with Crippen molar-refractivity contribution >= 4 is 0 Å². The van der Waals surface area contributed by atoms with Gasteiger partial charge in [-0.1, -0.05) is 24.6 Å². The van der Waals surface area contributed by atoms with Gasteiger partial charge in [0.15, 0.2) is 0 Å². The second-order valence-electron chi connectivity index (χ2n) is 5.97. The molecule has 1 aliphatic heterocycles. The molecule has 0 saturated carbocycles. The summed E-state index contributed by atoms with van der Waals surface area (Å²) in [5, 5.41) is 10.2. The first-order chi connectivity index (χ1) is 10.1. The highest BCUT2D eigenvalue weighted by molar-refractivity contribution is 5.26. The van der Waals surface area contributed by atoms with Crippen molar-refractivity contribution in [1.29, 1.82) is 0 Å². The van der Waals surface area contributed by atoms with E-state index in [4.69, 9.17) is 9.47 Å². The Kier molecular flexibility index (Phi) is 6.03. The van der Waals surface area contributed by atoms with Crippen LogP contribution >= 0.6 is 0 Å². The van der Waals surface area contributed by atoms with Crippen LogP contribution in [0.2, 0.25) is 0 Å². The van der Waals surface area contributed by atoms with E-state index in [1.807, 2.05) is 31.2 Å². The van der Waals surface area contributed by atoms with Crippen molar-refractivity contribution in [3.05, 3.63) is 29.8 Å². The van der Waals surface area contributed by atoms with Crippen LogP contribution < -0.4 is 4.74 Å². The largest absolute Gasteiger partial charge is 0.491 e. The summed E-state index contributed by atoms with van der Waals surface area (Å²) in [6.45, 7) is 8.99. The van der Waals surface area contributed by atoms with E-state index in [1.165, 1.54) is 5.56 Å². The lowest BCUT2D eigenvalue weighted by Gasteiger charge is -2.37. The van der Waals surface area contributed by atoms with Gasteiger partial charge in [-0.2, -0.15) is 0 Å². The number of ether oxygens (including phenoxy) is 2. The molecule has 21 heavy (non-hydrogen) atoms. The highest BCUT2D eigenvalue weighted by atomic mass is 16.5. The molecule has 1 fully saturated rings. The summed E-state index contributed by atoms with van der Waals surface area (Å²) in [7, 11) is 0. The van der Waals surface area contributed by atoms with E-state index in [9.17, 15) is 5.11 Å². The lowest BCUT2D eigenvalue weighted by atomic mass is 10.1. The lowest BCUT2D eigenvalue weighted by Crippen LogP contribution is -2.49. The van der Waals surface area contributed by atoms with Gasteiger partial charge in [0, 0.05) is 19.6 Å². The fourth-order valence-electron chi connectivity index (χ4n) is 2.69. The lowest BCUT2D eigenvalue weighted by molar-refractivity contribution is -0.0873. The fourth-order valence-corrected chi connectivity index (χ4v) is 2.69. The zero-order chi connectivity index (χ0) is 15.2. The molecule has 118 valence electrons. The van der Waals surface area contributed by atoms with Gasteiger partial charge in [0.1, 0.15) is 18.5 Å². The molecule has 0 bridgehead atoms. The minimum atomic E-state index is -0.478. The van der Waals surface area contributed by atoms with Crippen LogP contribution in [0.4, 0.5) is 0 Å². The molecule has 3 atom stereocenters. The Morgan fingerprint density at radius 2 is 2.05 bits per heavy atom. The molecule has 1 aromatic carbocycles. The molecule has 1 N–H and O–H groups in total. The standard InChI is InChI=1S/C17H27NO3/c1-4-16-11-18(9-14(3)21-16)10-15(19)12-20-17-7-5-13(2)6-8-17/h5-8,14-16,19H,4,9-12H2,1-3H3. The minimum absolute atomic E-state index is 0.230. The summed E-state index contributed by atoms with van der Waals surface area (Å²) < 4.78 is 11.5. The first kappa shape index (κ1) is 16.3. The minimum Gasteiger partial charge on any atom is -0.491 e. The van der Waals surface area contributed by atoms with E-state index in [-0.39, 0.29) is 12.2 Å². The smallest absolute Gasteiger partial charge is 0.119 e. The molecule has 1 aromatic rings. The number of hydrogen-bond donors (Lipinski definition) is 1. The van der Waals surface area contributed by atoms with Crippen LogP contribution in [0.1, 0.15) is 25.8 Å². The maximum Gasteiger partial charge on any atom is 0.119 e. The molecule has 0 aliphatic carbocycles. The van der Waals surface area contributed by atoms with E-state index >= 15 is 0 Å². The van der Waals surface area contributed by atoms with E-state index in [1.54, 1.807) is 0 Å². The fraction of sp³-hybridized carbons (Fsp3) is 0.647. The molecule has 1 aliphatic rings. The van der Waals surface area contributed by atoms with E-state index < -0.39 is 6.10 Å². The van der Waals surface area contributed by atoms with E-state index in [0.717, 1.165) is 25.3 Å². The van der Waals surface area contributed by atoms with Gasteiger partial charge in [-0.3, -0.25) is 4.90 Å². The molecule has 2 rings (SSSR count). The van der Waals surface area contributed by atoms with Crippen LogP contribution in [-0.2, 0) is 4.74 Å². The van der Waals surface area contributed by atoms with Crippen molar-refractivity contribution in [1.82, 2.24) is 4.90 Å². The van der Waals surface area contributed by atoms with Gasteiger partial charge in [-0.05, 0) is 32.4 Å². The average Bonchev–Trinajstić information content (AvgIpc) is 2.46. The van der Waals surface area contributed by atoms with E-state index in [2.05, 4.69) is 18.7 Å². The van der Waals surface area contributed by atoms with Crippen molar-refractivity contribution in [3.63, 3.8) is 0 Å². The number of hydrogen-bond acceptors (Lipinski definition) is 4. The third-order valence-electron chi connectivity index (χ3n) is 3.79. The van der Waals surface area contributed by atoms with Crippen molar-refractivity contribution in [3.8, 4) is 5.75 Å². The summed E-state index contributed by atoms with van der Waals surface area (Å²) in [5.41, 5.74) is 1.20. The first-order valence-corrected chi connectivity index (χ1v) is 7.82. The number of benzene rings is 1. The van der Waals surface area contributed by atoms with Crippen molar-refractivity contribution < 1.29 is 14.6 Å². The van der Waals surface area contributed by atoms with Gasteiger partial charge in [-0.15, -0.1) is 0 Å². The van der Waals surface area contributed by atoms with Gasteiger partial charge in [-0.25, -0.2) is 0 Å². The molecule has 3 unspecified atom stereocenters. The molecule has 4 heteroatoms. The van der Waals surface area contributed by atoms with Gasteiger partial charge < -0.3 is 14.6 Å². The Morgan fingerprint density at radius 1 is 1.33 bits per heavy atom. The third kappa shape index (κ3) is 5.30. The second-order valence-corrected chi connectivity index (χ2v) is 5.97. The summed E-state index contributed by atoms with van der Waals surface area (Å²) in [6.07, 6.45) is 1.04. The summed E-state index contributed by atoms with van der Waals surface area (Å²) in [4.78, 5) is 2.27. The highest BCUT2D eigenvalue weighted by Gasteiger charge is 2.25. The molecule has 1 saturated heterocycles. The zero-order valence-electron chi connectivity index (χ0n) is 13.3. The monoisotopic (exact) mass is 293 g/mol. The second kappa shape index (κ2) is 7.78. The maximum atomic E-state index is 10.2. The van der Waals surface area contributed by atoms with Crippen molar-refractivity contribution in [2.45, 2.75) is 45.5 Å². The van der Waals surface area contributed by atoms with Crippen molar-refractivity contribution in [2.75, 3.05) is 26.2 Å². The number of rotatable bonds is 6. The number of aliphatic hydroxyl groups excluding tert-OH is 1.